The van der Waals surface area contributed by atoms with E-state index in [1.165, 1.54) is 0 Å². The van der Waals surface area contributed by atoms with Crippen molar-refractivity contribution in [3.63, 3.8) is 0 Å². The second kappa shape index (κ2) is 10.1. The minimum Gasteiger partial charge on any atom is -0.354 e. The molecule has 5 heteroatoms. The third-order valence-electron chi connectivity index (χ3n) is 4.32. The molecule has 4 nitrogen and oxygen atoms in total. The molecule has 2 aromatic rings. The Morgan fingerprint density at radius 2 is 1.59 bits per heavy atom. The lowest BCUT2D eigenvalue weighted by atomic mass is 10.1. The Morgan fingerprint density at radius 3 is 2.19 bits per heavy atom. The van der Waals surface area contributed by atoms with E-state index >= 15 is 0 Å². The van der Waals surface area contributed by atoms with E-state index in [9.17, 15) is 9.59 Å². The number of nitrogens with one attached hydrogen (secondary N) is 1. The molecule has 0 bridgehead atoms. The molecule has 0 aliphatic rings. The van der Waals surface area contributed by atoms with Gasteiger partial charge in [0, 0.05) is 18.1 Å². The smallest absolute Gasteiger partial charge is 0.242 e. The van der Waals surface area contributed by atoms with Gasteiger partial charge in [-0.2, -0.15) is 0 Å². The van der Waals surface area contributed by atoms with Crippen LogP contribution in [0.4, 0.5) is 0 Å². The van der Waals surface area contributed by atoms with Gasteiger partial charge >= 0.3 is 0 Å². The van der Waals surface area contributed by atoms with Crippen LogP contribution in [-0.4, -0.2) is 29.3 Å². The molecular formula is C22H27ClN2O2. The number of rotatable bonds is 8. The van der Waals surface area contributed by atoms with Crippen molar-refractivity contribution in [3.8, 4) is 0 Å². The maximum absolute atomic E-state index is 13.0. The Hall–Kier alpha value is -2.33. The fraction of sp³-hybridized carbons (Fsp3) is 0.364. The molecule has 1 N–H and O–H groups in total. The van der Waals surface area contributed by atoms with Crippen molar-refractivity contribution in [2.45, 2.75) is 39.8 Å². The van der Waals surface area contributed by atoms with E-state index in [1.807, 2.05) is 56.3 Å². The molecule has 0 aromatic heterocycles. The summed E-state index contributed by atoms with van der Waals surface area (Å²) in [7, 11) is 0. The molecule has 0 heterocycles. The van der Waals surface area contributed by atoms with E-state index in [4.69, 9.17) is 11.6 Å². The lowest BCUT2D eigenvalue weighted by molar-refractivity contribution is -0.140. The van der Waals surface area contributed by atoms with Crippen LogP contribution in [0.25, 0.3) is 0 Å². The summed E-state index contributed by atoms with van der Waals surface area (Å²) in [5.74, 6) is 0.131. The molecule has 0 radical (unpaired) electrons. The number of nitrogens with zero attached hydrogens (tertiary/aromatic N) is 1. The minimum atomic E-state index is -0.552. The van der Waals surface area contributed by atoms with E-state index in [1.54, 1.807) is 24.0 Å². The normalized spacial score (nSPS) is 11.9. The first kappa shape index (κ1) is 21.0. The van der Waals surface area contributed by atoms with Crippen LogP contribution in [0.3, 0.4) is 0 Å². The highest BCUT2D eigenvalue weighted by Gasteiger charge is 2.26. The van der Waals surface area contributed by atoms with Crippen molar-refractivity contribution < 1.29 is 9.59 Å². The van der Waals surface area contributed by atoms with E-state index in [2.05, 4.69) is 5.32 Å². The van der Waals surface area contributed by atoms with E-state index < -0.39 is 6.04 Å². The predicted octanol–water partition coefficient (Wildman–Crippen LogP) is 4.07. The van der Waals surface area contributed by atoms with Gasteiger partial charge in [0.15, 0.2) is 0 Å². The number of hydrogen-bond acceptors (Lipinski definition) is 2. The number of benzene rings is 2. The number of carbonyl (C=O) groups is 2. The van der Waals surface area contributed by atoms with Crippen molar-refractivity contribution >= 4 is 23.4 Å². The third kappa shape index (κ3) is 6.72. The summed E-state index contributed by atoms with van der Waals surface area (Å²) in [5.41, 5.74) is 1.86. The van der Waals surface area contributed by atoms with Gasteiger partial charge in [-0.05, 0) is 36.1 Å². The lowest BCUT2D eigenvalue weighted by Crippen LogP contribution is -2.48. The van der Waals surface area contributed by atoms with Crippen molar-refractivity contribution in [2.75, 3.05) is 6.54 Å². The lowest BCUT2D eigenvalue weighted by Gasteiger charge is -2.29. The van der Waals surface area contributed by atoms with Gasteiger partial charge in [0.1, 0.15) is 6.04 Å². The highest BCUT2D eigenvalue weighted by molar-refractivity contribution is 6.30. The van der Waals surface area contributed by atoms with Crippen molar-refractivity contribution in [1.29, 1.82) is 0 Å². The Balaban J connectivity index is 2.15. The molecule has 144 valence electrons. The van der Waals surface area contributed by atoms with E-state index in [0.29, 0.717) is 24.0 Å². The summed E-state index contributed by atoms with van der Waals surface area (Å²) in [4.78, 5) is 27.2. The monoisotopic (exact) mass is 386 g/mol. The second-order valence-corrected chi connectivity index (χ2v) is 7.56. The van der Waals surface area contributed by atoms with Crippen LogP contribution in [0, 0.1) is 5.92 Å². The Morgan fingerprint density at radius 1 is 0.963 bits per heavy atom. The summed E-state index contributed by atoms with van der Waals surface area (Å²) in [6.45, 7) is 6.84. The van der Waals surface area contributed by atoms with Gasteiger partial charge in [0.2, 0.25) is 11.8 Å². The summed E-state index contributed by atoms with van der Waals surface area (Å²) in [5, 5.41) is 3.56. The maximum atomic E-state index is 13.0. The number of hydrogen-bond donors (Lipinski definition) is 1. The quantitative estimate of drug-likeness (QED) is 0.743. The van der Waals surface area contributed by atoms with Crippen LogP contribution in [0.5, 0.6) is 0 Å². The maximum Gasteiger partial charge on any atom is 0.242 e. The average Bonchev–Trinajstić information content (AvgIpc) is 2.66. The number of halogens is 1. The van der Waals surface area contributed by atoms with Crippen molar-refractivity contribution in [2.24, 2.45) is 5.92 Å². The van der Waals surface area contributed by atoms with E-state index in [0.717, 1.165) is 11.1 Å². The van der Waals surface area contributed by atoms with E-state index in [-0.39, 0.29) is 18.2 Å². The van der Waals surface area contributed by atoms with Crippen LogP contribution >= 0.6 is 11.6 Å². The molecule has 0 saturated heterocycles. The first-order valence-corrected chi connectivity index (χ1v) is 9.60. The first-order chi connectivity index (χ1) is 12.9. The SMILES string of the molecule is CC(C)CNC(=O)[C@H](C)N(Cc1ccccc1)C(=O)Cc1ccc(Cl)cc1. The van der Waals surface area contributed by atoms with Gasteiger partial charge < -0.3 is 10.2 Å². The average molecular weight is 387 g/mol. The zero-order valence-corrected chi connectivity index (χ0v) is 16.9. The van der Waals surface area contributed by atoms with Crippen LogP contribution in [0.1, 0.15) is 31.9 Å². The summed E-state index contributed by atoms with van der Waals surface area (Å²) < 4.78 is 0. The molecule has 0 spiro atoms. The van der Waals surface area contributed by atoms with Gasteiger partial charge in [0.05, 0.1) is 6.42 Å². The Kier molecular flexibility index (Phi) is 7.86. The molecule has 27 heavy (non-hydrogen) atoms. The third-order valence-corrected chi connectivity index (χ3v) is 4.57. The number of carbonyl (C=O) groups excluding carboxylic acids is 2. The van der Waals surface area contributed by atoms with Crippen LogP contribution < -0.4 is 5.32 Å². The topological polar surface area (TPSA) is 49.4 Å². The van der Waals surface area contributed by atoms with Gasteiger partial charge in [-0.3, -0.25) is 9.59 Å². The van der Waals surface area contributed by atoms with Gasteiger partial charge in [0.25, 0.3) is 0 Å². The zero-order chi connectivity index (χ0) is 19.8. The molecule has 0 fully saturated rings. The van der Waals surface area contributed by atoms with Crippen molar-refractivity contribution in [3.05, 3.63) is 70.7 Å². The minimum absolute atomic E-state index is 0.0895. The fourth-order valence-electron chi connectivity index (χ4n) is 2.69. The summed E-state index contributed by atoms with van der Waals surface area (Å²) >= 11 is 5.92. The molecule has 0 aliphatic heterocycles. The second-order valence-electron chi connectivity index (χ2n) is 7.13. The zero-order valence-electron chi connectivity index (χ0n) is 16.1. The predicted molar refractivity (Wildman–Crippen MR) is 109 cm³/mol. The summed E-state index contributed by atoms with van der Waals surface area (Å²) in [6.07, 6.45) is 0.228. The van der Waals surface area contributed by atoms with Crippen LogP contribution in [0.15, 0.2) is 54.6 Å². The van der Waals surface area contributed by atoms with Gasteiger partial charge in [-0.15, -0.1) is 0 Å². The van der Waals surface area contributed by atoms with Gasteiger partial charge in [-0.1, -0.05) is 67.9 Å². The number of amides is 2. The van der Waals surface area contributed by atoms with Crippen LogP contribution in [0.2, 0.25) is 5.02 Å². The molecule has 2 amide bonds. The molecule has 2 rings (SSSR count). The first-order valence-electron chi connectivity index (χ1n) is 9.22. The highest BCUT2D eigenvalue weighted by Crippen LogP contribution is 2.14. The molecular weight excluding hydrogens is 360 g/mol. The standard InChI is InChI=1S/C22H27ClN2O2/c1-16(2)14-24-22(27)17(3)25(15-19-7-5-4-6-8-19)21(26)13-18-9-11-20(23)12-10-18/h4-12,16-17H,13-15H2,1-3H3,(H,24,27)/t17-/m0/s1. The summed E-state index contributed by atoms with van der Waals surface area (Å²) in [6, 6.07) is 16.4. The fourth-order valence-corrected chi connectivity index (χ4v) is 2.82. The Labute approximate surface area is 166 Å². The van der Waals surface area contributed by atoms with Crippen molar-refractivity contribution in [1.82, 2.24) is 10.2 Å². The largest absolute Gasteiger partial charge is 0.354 e. The Bertz CT molecular complexity index is 745. The molecule has 0 aliphatic carbocycles. The van der Waals surface area contributed by atoms with Gasteiger partial charge in [-0.25, -0.2) is 0 Å². The molecule has 1 atom stereocenters. The van der Waals surface area contributed by atoms with Crippen LogP contribution in [-0.2, 0) is 22.6 Å². The molecule has 0 saturated carbocycles. The molecule has 2 aromatic carbocycles. The molecule has 0 unspecified atom stereocenters. The highest BCUT2D eigenvalue weighted by atomic mass is 35.5.